The fourth-order valence-corrected chi connectivity index (χ4v) is 2.70. The Morgan fingerprint density at radius 1 is 0.788 bits per heavy atom. The minimum Gasteiger partial charge on any atom is -0.374 e. The number of alkyl halides is 13. The Morgan fingerprint density at radius 2 is 1.24 bits per heavy atom. The summed E-state index contributed by atoms with van der Waals surface area (Å²) in [5.74, 6) is -38.0. The molecular formula is C18H15F13O2. The molecule has 0 saturated heterocycles. The van der Waals surface area contributed by atoms with Gasteiger partial charge >= 0.3 is 35.8 Å². The van der Waals surface area contributed by atoms with Crippen LogP contribution in [0.5, 0.6) is 0 Å². The second kappa shape index (κ2) is 8.31. The van der Waals surface area contributed by atoms with E-state index in [0.717, 1.165) is 31.2 Å². The van der Waals surface area contributed by atoms with Gasteiger partial charge in [0.05, 0.1) is 12.0 Å². The predicted molar refractivity (Wildman–Crippen MR) is 86.2 cm³/mol. The van der Waals surface area contributed by atoms with Gasteiger partial charge in [-0.1, -0.05) is 18.2 Å². The number of halogens is 13. The van der Waals surface area contributed by atoms with Crippen molar-refractivity contribution in [1.82, 2.24) is 0 Å². The number of ketones is 1. The number of carbonyl (C=O) groups excluding carboxylic acids is 1. The van der Waals surface area contributed by atoms with Gasteiger partial charge in [0.25, 0.3) is 0 Å². The highest BCUT2D eigenvalue weighted by Gasteiger charge is 2.90. The largest absolute Gasteiger partial charge is 0.460 e. The topological polar surface area (TPSA) is 26.3 Å². The lowest BCUT2D eigenvalue weighted by atomic mass is 9.83. The molecule has 0 amide bonds. The van der Waals surface area contributed by atoms with Gasteiger partial charge in [-0.2, -0.15) is 57.1 Å². The maximum atomic E-state index is 14.3. The zero-order chi connectivity index (χ0) is 26.5. The van der Waals surface area contributed by atoms with Crippen LogP contribution < -0.4 is 0 Å². The van der Waals surface area contributed by atoms with Crippen LogP contribution in [0.2, 0.25) is 0 Å². The van der Waals surface area contributed by atoms with Crippen LogP contribution in [0.25, 0.3) is 0 Å². The molecule has 0 radical (unpaired) electrons. The number of rotatable bonds is 9. The Kier molecular flexibility index (Phi) is 7.29. The first-order chi connectivity index (χ1) is 14.4. The third-order valence-corrected chi connectivity index (χ3v) is 4.89. The minimum atomic E-state index is -7.97. The lowest BCUT2D eigenvalue weighted by molar-refractivity contribution is -0.441. The van der Waals surface area contributed by atoms with Crippen molar-refractivity contribution < 1.29 is 66.6 Å². The highest BCUT2D eigenvalue weighted by Crippen LogP contribution is 2.61. The smallest absolute Gasteiger partial charge is 0.374 e. The first-order valence-electron chi connectivity index (χ1n) is 8.55. The molecule has 0 N–H and O–H groups in total. The van der Waals surface area contributed by atoms with Crippen LogP contribution in [0.4, 0.5) is 57.1 Å². The first kappa shape index (κ1) is 29.0. The van der Waals surface area contributed by atoms with Crippen molar-refractivity contribution in [2.45, 2.75) is 61.7 Å². The summed E-state index contributed by atoms with van der Waals surface area (Å²) < 4.78 is 178. The van der Waals surface area contributed by atoms with Crippen molar-refractivity contribution >= 4 is 5.78 Å². The maximum absolute atomic E-state index is 14.3. The van der Waals surface area contributed by atoms with E-state index in [1.54, 1.807) is 0 Å². The van der Waals surface area contributed by atoms with Crippen molar-refractivity contribution in [2.75, 3.05) is 7.11 Å². The van der Waals surface area contributed by atoms with Crippen LogP contribution in [0.15, 0.2) is 24.3 Å². The molecule has 190 valence electrons. The molecule has 0 aromatic heterocycles. The zero-order valence-electron chi connectivity index (χ0n) is 16.7. The lowest BCUT2D eigenvalue weighted by Crippen LogP contribution is -2.70. The van der Waals surface area contributed by atoms with Gasteiger partial charge in [0, 0.05) is 12.7 Å². The Morgan fingerprint density at radius 3 is 1.64 bits per heavy atom. The fourth-order valence-electron chi connectivity index (χ4n) is 2.70. The molecule has 0 aliphatic heterocycles. The molecule has 0 aliphatic carbocycles. The third kappa shape index (κ3) is 4.52. The second-order valence-electron chi connectivity index (χ2n) is 7.25. The van der Waals surface area contributed by atoms with Crippen LogP contribution in [-0.4, -0.2) is 48.7 Å². The van der Waals surface area contributed by atoms with E-state index in [1.165, 1.54) is 0 Å². The summed E-state index contributed by atoms with van der Waals surface area (Å²) in [6, 6.07) is 3.92. The zero-order valence-corrected chi connectivity index (χ0v) is 16.7. The van der Waals surface area contributed by atoms with Gasteiger partial charge in [-0.25, -0.2) is 0 Å². The van der Waals surface area contributed by atoms with E-state index in [-0.39, 0.29) is 5.56 Å². The Labute approximate surface area is 177 Å². The summed E-state index contributed by atoms with van der Waals surface area (Å²) in [5, 5.41) is 0. The summed E-state index contributed by atoms with van der Waals surface area (Å²) in [5.41, 5.74) is -3.41. The summed E-state index contributed by atoms with van der Waals surface area (Å²) in [6.45, 7) is 1.60. The van der Waals surface area contributed by atoms with Crippen LogP contribution in [0.3, 0.4) is 0 Å². The molecular weight excluding hydrogens is 495 g/mol. The van der Waals surface area contributed by atoms with E-state index in [9.17, 15) is 61.9 Å². The molecule has 0 aliphatic rings. The summed E-state index contributed by atoms with van der Waals surface area (Å²) in [6.07, 6.45) is -10.0. The van der Waals surface area contributed by atoms with E-state index in [2.05, 4.69) is 4.74 Å². The average Bonchev–Trinajstić information content (AvgIpc) is 2.66. The van der Waals surface area contributed by atoms with Gasteiger partial charge < -0.3 is 4.74 Å². The molecule has 0 heterocycles. The molecule has 1 unspecified atom stereocenters. The SMILES string of the molecule is COC(C)(CC(F)(F)C(F)(F)C(F)(F)C(F)(F)C(F)(F)C(F)(F)F)c1cccc(C(C)=O)c1. The van der Waals surface area contributed by atoms with Crippen molar-refractivity contribution in [1.29, 1.82) is 0 Å². The van der Waals surface area contributed by atoms with E-state index < -0.39 is 59.2 Å². The Bertz CT molecular complexity index is 876. The van der Waals surface area contributed by atoms with Crippen molar-refractivity contribution in [3.63, 3.8) is 0 Å². The van der Waals surface area contributed by atoms with Crippen molar-refractivity contribution in [3.8, 4) is 0 Å². The summed E-state index contributed by atoms with van der Waals surface area (Å²) >= 11 is 0. The van der Waals surface area contributed by atoms with Gasteiger partial charge in [0.2, 0.25) is 0 Å². The fraction of sp³-hybridized carbons (Fsp3) is 0.611. The van der Waals surface area contributed by atoms with Crippen LogP contribution >= 0.6 is 0 Å². The highest BCUT2D eigenvalue weighted by molar-refractivity contribution is 5.94. The normalized spacial score (nSPS) is 16.5. The number of hydrogen-bond acceptors (Lipinski definition) is 2. The molecule has 1 aromatic rings. The second-order valence-corrected chi connectivity index (χ2v) is 7.25. The molecule has 15 heteroatoms. The average molecular weight is 510 g/mol. The molecule has 0 spiro atoms. The minimum absolute atomic E-state index is 0.187. The van der Waals surface area contributed by atoms with Gasteiger partial charge in [0.1, 0.15) is 0 Å². The molecule has 0 bridgehead atoms. The van der Waals surface area contributed by atoms with Gasteiger partial charge in [-0.05, 0) is 25.5 Å². The quantitative estimate of drug-likeness (QED) is 0.268. The number of benzene rings is 1. The number of ether oxygens (including phenoxy) is 1. The van der Waals surface area contributed by atoms with E-state index in [4.69, 9.17) is 0 Å². The van der Waals surface area contributed by atoms with E-state index >= 15 is 0 Å². The molecule has 2 nitrogen and oxygen atoms in total. The highest BCUT2D eigenvalue weighted by atomic mass is 19.4. The number of hydrogen-bond donors (Lipinski definition) is 0. The molecule has 1 rings (SSSR count). The van der Waals surface area contributed by atoms with Gasteiger partial charge in [-0.15, -0.1) is 0 Å². The van der Waals surface area contributed by atoms with Gasteiger partial charge in [-0.3, -0.25) is 4.79 Å². The monoisotopic (exact) mass is 510 g/mol. The molecule has 1 aromatic carbocycles. The number of methoxy groups -OCH3 is 1. The number of carbonyl (C=O) groups is 1. The first-order valence-corrected chi connectivity index (χ1v) is 8.55. The molecule has 1 atom stereocenters. The number of Topliss-reactive ketones (excluding diaryl/α,β-unsaturated/α-hetero) is 1. The summed E-state index contributed by atoms with van der Waals surface area (Å²) in [4.78, 5) is 11.4. The van der Waals surface area contributed by atoms with Crippen molar-refractivity contribution in [3.05, 3.63) is 35.4 Å². The Balaban J connectivity index is 3.55. The standard InChI is InChI=1S/C18H15F13O2/c1-9(32)10-5-4-6-11(7-10)12(2,33-3)8-13(19,20)14(21,22)15(23,24)16(25,26)17(27,28)18(29,30)31/h4-7H,8H2,1-3H3. The lowest BCUT2D eigenvalue weighted by Gasteiger charge is -2.42. The predicted octanol–water partition coefficient (Wildman–Crippen LogP) is 6.88. The maximum Gasteiger partial charge on any atom is 0.460 e. The van der Waals surface area contributed by atoms with Crippen LogP contribution in [-0.2, 0) is 10.3 Å². The van der Waals surface area contributed by atoms with Crippen LogP contribution in [0, 0.1) is 0 Å². The van der Waals surface area contributed by atoms with E-state index in [1.807, 2.05) is 0 Å². The Hall–Kier alpha value is -2.06. The third-order valence-electron chi connectivity index (χ3n) is 4.89. The van der Waals surface area contributed by atoms with Crippen molar-refractivity contribution in [2.24, 2.45) is 0 Å². The molecule has 0 saturated carbocycles. The molecule has 0 fully saturated rings. The molecule has 33 heavy (non-hydrogen) atoms. The van der Waals surface area contributed by atoms with Gasteiger partial charge in [0.15, 0.2) is 5.78 Å². The summed E-state index contributed by atoms with van der Waals surface area (Å²) in [7, 11) is 0.610. The van der Waals surface area contributed by atoms with Crippen LogP contribution in [0.1, 0.15) is 36.2 Å². The van der Waals surface area contributed by atoms with E-state index in [0.29, 0.717) is 14.0 Å².